The molecular formula is C12H14Cl2O2. The molecule has 0 fully saturated rings. The minimum atomic E-state index is -0.853. The molecule has 88 valence electrons. The van der Waals surface area contributed by atoms with Crippen LogP contribution < -0.4 is 0 Å². The Balaban J connectivity index is 3.19. The van der Waals surface area contributed by atoms with Crippen LogP contribution in [0.5, 0.6) is 0 Å². The highest BCUT2D eigenvalue weighted by molar-refractivity contribution is 6.44. The third kappa shape index (κ3) is 2.40. The number of ketones is 1. The fraction of sp³-hybridized carbons (Fsp3) is 0.417. The molecule has 1 atom stereocenters. The van der Waals surface area contributed by atoms with Crippen molar-refractivity contribution < 1.29 is 9.53 Å². The minimum absolute atomic E-state index is 0.148. The average Bonchev–Trinajstić information content (AvgIpc) is 2.31. The standard InChI is InChI=1S/C12H14Cl2O2/c1-4-12(2,16-3)11(15)8-6-5-7-9(13)10(8)14/h5-7H,4H2,1-3H3. The van der Waals surface area contributed by atoms with Gasteiger partial charge in [-0.1, -0.05) is 36.2 Å². The van der Waals surface area contributed by atoms with Gasteiger partial charge in [-0.3, -0.25) is 4.79 Å². The predicted octanol–water partition coefficient (Wildman–Crippen LogP) is 3.99. The van der Waals surface area contributed by atoms with Gasteiger partial charge in [-0.05, 0) is 25.5 Å². The Bertz CT molecular complexity index is 398. The molecule has 0 N–H and O–H groups in total. The zero-order chi connectivity index (χ0) is 12.3. The maximum absolute atomic E-state index is 12.2. The fourth-order valence-corrected chi connectivity index (χ4v) is 1.75. The first-order chi connectivity index (χ1) is 7.46. The summed E-state index contributed by atoms with van der Waals surface area (Å²) in [6, 6.07) is 5.01. The highest BCUT2D eigenvalue weighted by Gasteiger charge is 2.33. The quantitative estimate of drug-likeness (QED) is 0.766. The first-order valence-corrected chi connectivity index (χ1v) is 5.76. The molecule has 0 spiro atoms. The van der Waals surface area contributed by atoms with Crippen molar-refractivity contribution in [2.24, 2.45) is 0 Å². The number of carbonyl (C=O) groups excluding carboxylic acids is 1. The van der Waals surface area contributed by atoms with Gasteiger partial charge < -0.3 is 4.74 Å². The van der Waals surface area contributed by atoms with Crippen LogP contribution >= 0.6 is 23.2 Å². The van der Waals surface area contributed by atoms with Gasteiger partial charge in [0, 0.05) is 12.7 Å². The molecule has 0 heterocycles. The molecule has 1 aromatic carbocycles. The number of benzene rings is 1. The number of ether oxygens (including phenoxy) is 1. The van der Waals surface area contributed by atoms with Gasteiger partial charge >= 0.3 is 0 Å². The first kappa shape index (κ1) is 13.5. The molecule has 0 bridgehead atoms. The van der Waals surface area contributed by atoms with Crippen molar-refractivity contribution in [3.05, 3.63) is 33.8 Å². The Kier molecular flexibility index (Phi) is 4.36. The SMILES string of the molecule is CCC(C)(OC)C(=O)c1cccc(Cl)c1Cl. The fourth-order valence-electron chi connectivity index (χ4n) is 1.36. The summed E-state index contributed by atoms with van der Waals surface area (Å²) in [5, 5.41) is 0.660. The van der Waals surface area contributed by atoms with E-state index in [1.807, 2.05) is 6.92 Å². The monoisotopic (exact) mass is 260 g/mol. The van der Waals surface area contributed by atoms with Crippen LogP contribution in [0.2, 0.25) is 10.0 Å². The normalized spacial score (nSPS) is 14.6. The van der Waals surface area contributed by atoms with Crippen molar-refractivity contribution in [3.63, 3.8) is 0 Å². The third-order valence-electron chi connectivity index (χ3n) is 2.80. The van der Waals surface area contributed by atoms with E-state index in [9.17, 15) is 4.79 Å². The molecule has 16 heavy (non-hydrogen) atoms. The second kappa shape index (κ2) is 5.17. The molecule has 0 amide bonds. The van der Waals surface area contributed by atoms with E-state index in [2.05, 4.69) is 0 Å². The van der Waals surface area contributed by atoms with Crippen LogP contribution in [0, 0.1) is 0 Å². The van der Waals surface area contributed by atoms with E-state index in [0.717, 1.165) is 0 Å². The molecule has 0 aliphatic heterocycles. The highest BCUT2D eigenvalue weighted by Crippen LogP contribution is 2.30. The van der Waals surface area contributed by atoms with Crippen molar-refractivity contribution >= 4 is 29.0 Å². The summed E-state index contributed by atoms with van der Waals surface area (Å²) in [5.41, 5.74) is -0.450. The smallest absolute Gasteiger partial charge is 0.195 e. The molecule has 4 heteroatoms. The Labute approximate surface area is 106 Å². The maximum Gasteiger partial charge on any atom is 0.195 e. The van der Waals surface area contributed by atoms with Gasteiger partial charge in [0.05, 0.1) is 10.0 Å². The zero-order valence-corrected chi connectivity index (χ0v) is 11.0. The van der Waals surface area contributed by atoms with Crippen molar-refractivity contribution in [3.8, 4) is 0 Å². The highest BCUT2D eigenvalue weighted by atomic mass is 35.5. The van der Waals surface area contributed by atoms with Crippen LogP contribution in [0.25, 0.3) is 0 Å². The van der Waals surface area contributed by atoms with Gasteiger partial charge in [-0.2, -0.15) is 0 Å². The molecule has 0 aliphatic carbocycles. The predicted molar refractivity (Wildman–Crippen MR) is 66.5 cm³/mol. The molecule has 0 saturated heterocycles. The van der Waals surface area contributed by atoms with E-state index in [-0.39, 0.29) is 10.8 Å². The lowest BCUT2D eigenvalue weighted by Gasteiger charge is -2.25. The summed E-state index contributed by atoms with van der Waals surface area (Å²) in [6.45, 7) is 3.63. The number of halogens is 2. The van der Waals surface area contributed by atoms with Gasteiger partial charge in [-0.15, -0.1) is 0 Å². The Hall–Kier alpha value is -0.570. The van der Waals surface area contributed by atoms with Crippen LogP contribution in [0.1, 0.15) is 30.6 Å². The van der Waals surface area contributed by atoms with Gasteiger partial charge in [0.25, 0.3) is 0 Å². The lowest BCUT2D eigenvalue weighted by atomic mass is 9.92. The van der Waals surface area contributed by atoms with E-state index < -0.39 is 5.60 Å². The summed E-state index contributed by atoms with van der Waals surface area (Å²) in [6.07, 6.45) is 0.575. The second-order valence-electron chi connectivity index (χ2n) is 3.72. The number of hydrogen-bond acceptors (Lipinski definition) is 2. The molecule has 1 rings (SSSR count). The van der Waals surface area contributed by atoms with E-state index in [1.165, 1.54) is 7.11 Å². The van der Waals surface area contributed by atoms with E-state index in [4.69, 9.17) is 27.9 Å². The zero-order valence-electron chi connectivity index (χ0n) is 9.51. The molecule has 0 saturated carbocycles. The van der Waals surface area contributed by atoms with E-state index in [1.54, 1.807) is 25.1 Å². The second-order valence-corrected chi connectivity index (χ2v) is 4.50. The van der Waals surface area contributed by atoms with Crippen molar-refractivity contribution in [2.45, 2.75) is 25.9 Å². The maximum atomic E-state index is 12.2. The summed E-state index contributed by atoms with van der Waals surface area (Å²) in [7, 11) is 1.51. The topological polar surface area (TPSA) is 26.3 Å². The Morgan fingerprint density at radius 3 is 2.56 bits per heavy atom. The first-order valence-electron chi connectivity index (χ1n) is 5.00. The molecule has 0 aliphatic rings. The molecule has 0 radical (unpaired) electrons. The summed E-state index contributed by atoms with van der Waals surface area (Å²) in [4.78, 5) is 12.2. The summed E-state index contributed by atoms with van der Waals surface area (Å²) < 4.78 is 5.25. The van der Waals surface area contributed by atoms with Gasteiger partial charge in [-0.25, -0.2) is 0 Å². The van der Waals surface area contributed by atoms with Gasteiger partial charge in [0.1, 0.15) is 5.60 Å². The van der Waals surface area contributed by atoms with E-state index in [0.29, 0.717) is 17.0 Å². The lowest BCUT2D eigenvalue weighted by molar-refractivity contribution is 0.0106. The van der Waals surface area contributed by atoms with Crippen molar-refractivity contribution in [1.29, 1.82) is 0 Å². The molecule has 1 unspecified atom stereocenters. The lowest BCUT2D eigenvalue weighted by Crippen LogP contribution is -2.36. The van der Waals surface area contributed by atoms with Crippen LogP contribution in [0.15, 0.2) is 18.2 Å². The third-order valence-corrected chi connectivity index (χ3v) is 3.62. The minimum Gasteiger partial charge on any atom is -0.370 e. The largest absolute Gasteiger partial charge is 0.370 e. The van der Waals surface area contributed by atoms with Crippen LogP contribution in [0.4, 0.5) is 0 Å². The van der Waals surface area contributed by atoms with Crippen LogP contribution in [-0.2, 0) is 4.74 Å². The number of hydrogen-bond donors (Lipinski definition) is 0. The van der Waals surface area contributed by atoms with Gasteiger partial charge in [0.15, 0.2) is 5.78 Å². The number of rotatable bonds is 4. The molecule has 2 nitrogen and oxygen atoms in total. The molecule has 0 aromatic heterocycles. The van der Waals surface area contributed by atoms with E-state index >= 15 is 0 Å². The van der Waals surface area contributed by atoms with Crippen LogP contribution in [-0.4, -0.2) is 18.5 Å². The summed E-state index contributed by atoms with van der Waals surface area (Å²) >= 11 is 11.9. The molecular weight excluding hydrogens is 247 g/mol. The summed E-state index contributed by atoms with van der Waals surface area (Å²) in [5.74, 6) is -0.148. The number of carbonyl (C=O) groups is 1. The number of Topliss-reactive ketones (excluding diaryl/α,β-unsaturated/α-hetero) is 1. The van der Waals surface area contributed by atoms with Crippen molar-refractivity contribution in [1.82, 2.24) is 0 Å². The van der Waals surface area contributed by atoms with Gasteiger partial charge in [0.2, 0.25) is 0 Å². The Morgan fingerprint density at radius 1 is 1.44 bits per heavy atom. The Morgan fingerprint density at radius 2 is 2.06 bits per heavy atom. The van der Waals surface area contributed by atoms with Crippen molar-refractivity contribution in [2.75, 3.05) is 7.11 Å². The van der Waals surface area contributed by atoms with Crippen LogP contribution in [0.3, 0.4) is 0 Å². The average molecular weight is 261 g/mol. The number of methoxy groups -OCH3 is 1. The molecule has 1 aromatic rings.